The number of nitrogens with two attached hydrogens (primary N) is 1. The topological polar surface area (TPSA) is 66.6 Å². The minimum Gasteiger partial charge on any atom is -0.385 e. The quantitative estimate of drug-likeness (QED) is 0.662. The molecule has 1 aliphatic rings. The molecule has 1 aliphatic heterocycles. The Balaban J connectivity index is 2.24. The van der Waals surface area contributed by atoms with Gasteiger partial charge in [0.2, 0.25) is 0 Å². The van der Waals surface area contributed by atoms with E-state index in [1.807, 2.05) is 0 Å². The van der Waals surface area contributed by atoms with Gasteiger partial charge in [-0.2, -0.15) is 0 Å². The van der Waals surface area contributed by atoms with Crippen molar-refractivity contribution in [1.82, 2.24) is 9.80 Å². The third-order valence-corrected chi connectivity index (χ3v) is 3.47. The van der Waals surface area contributed by atoms with Crippen LogP contribution in [0.3, 0.4) is 0 Å². The molecule has 1 heterocycles. The van der Waals surface area contributed by atoms with Gasteiger partial charge < -0.3 is 10.6 Å². The Morgan fingerprint density at radius 1 is 1.30 bits per heavy atom. The summed E-state index contributed by atoms with van der Waals surface area (Å²) in [7, 11) is 3.53. The van der Waals surface area contributed by atoms with E-state index in [0.29, 0.717) is 34.9 Å². The van der Waals surface area contributed by atoms with Gasteiger partial charge in [0.1, 0.15) is 5.82 Å². The first kappa shape index (κ1) is 14.4. The Hall–Kier alpha value is -2.01. The molecule has 106 valence electrons. The summed E-state index contributed by atoms with van der Waals surface area (Å²) < 4.78 is 0. The van der Waals surface area contributed by atoms with Gasteiger partial charge >= 0.3 is 0 Å². The second kappa shape index (κ2) is 5.54. The third kappa shape index (κ3) is 2.63. The van der Waals surface area contributed by atoms with E-state index in [-0.39, 0.29) is 11.8 Å². The van der Waals surface area contributed by atoms with Crippen LogP contribution in [0.5, 0.6) is 0 Å². The summed E-state index contributed by atoms with van der Waals surface area (Å²) in [6.45, 7) is 0.351. The van der Waals surface area contributed by atoms with Crippen LogP contribution in [0.2, 0.25) is 5.02 Å². The lowest BCUT2D eigenvalue weighted by Crippen LogP contribution is -2.33. The molecule has 1 aromatic carbocycles. The number of likely N-dealkylation sites (tertiary alicyclic amines) is 1. The highest BCUT2D eigenvalue weighted by molar-refractivity contribution is 6.30. The average Bonchev–Trinajstić information content (AvgIpc) is 2.79. The maximum atomic E-state index is 12.3. The second-order valence-electron chi connectivity index (χ2n) is 4.78. The van der Waals surface area contributed by atoms with E-state index in [2.05, 4.69) is 0 Å². The van der Waals surface area contributed by atoms with Crippen molar-refractivity contribution in [3.05, 3.63) is 46.2 Å². The maximum Gasteiger partial charge on any atom is 0.260 e. The first-order valence-corrected chi connectivity index (χ1v) is 6.57. The van der Waals surface area contributed by atoms with Crippen LogP contribution >= 0.6 is 11.6 Å². The van der Waals surface area contributed by atoms with Crippen LogP contribution in [-0.2, 0) is 4.79 Å². The fraction of sp³-hybridized carbons (Fsp3) is 0.286. The highest BCUT2D eigenvalue weighted by Gasteiger charge is 2.33. The number of carbonyl (C=O) groups is 2. The van der Waals surface area contributed by atoms with E-state index >= 15 is 0 Å². The van der Waals surface area contributed by atoms with Crippen LogP contribution in [-0.4, -0.2) is 42.3 Å². The number of halogens is 1. The Bertz CT molecular complexity index is 579. The van der Waals surface area contributed by atoms with Crippen molar-refractivity contribution in [2.24, 2.45) is 5.73 Å². The van der Waals surface area contributed by atoms with Gasteiger partial charge in [-0.15, -0.1) is 0 Å². The summed E-state index contributed by atoms with van der Waals surface area (Å²) in [6.07, 6.45) is 0.474. The van der Waals surface area contributed by atoms with Crippen LogP contribution in [0.25, 0.3) is 0 Å². The SMILES string of the molecule is CN(C)/C(N)=C1\CCN(C(=O)c2ccc(Cl)cc2)C1=O. The monoisotopic (exact) mass is 293 g/mol. The Morgan fingerprint density at radius 3 is 2.45 bits per heavy atom. The molecule has 2 rings (SSSR count). The van der Waals surface area contributed by atoms with E-state index in [1.54, 1.807) is 43.3 Å². The minimum absolute atomic E-state index is 0.323. The maximum absolute atomic E-state index is 12.3. The molecule has 0 unspecified atom stereocenters. The van der Waals surface area contributed by atoms with Crippen LogP contribution in [0.15, 0.2) is 35.7 Å². The Labute approximate surface area is 122 Å². The number of carbonyl (C=O) groups excluding carboxylic acids is 2. The molecule has 6 heteroatoms. The zero-order valence-electron chi connectivity index (χ0n) is 11.4. The largest absolute Gasteiger partial charge is 0.385 e. The van der Waals surface area contributed by atoms with E-state index in [1.165, 1.54) is 4.90 Å². The van der Waals surface area contributed by atoms with Gasteiger partial charge in [0.25, 0.3) is 11.8 Å². The van der Waals surface area contributed by atoms with Gasteiger partial charge in [0, 0.05) is 31.2 Å². The number of nitrogens with zero attached hydrogens (tertiary/aromatic N) is 2. The van der Waals surface area contributed by atoms with Crippen LogP contribution in [0.1, 0.15) is 16.8 Å². The Kier molecular flexibility index (Phi) is 3.99. The van der Waals surface area contributed by atoms with Crippen molar-refractivity contribution in [2.75, 3.05) is 20.6 Å². The smallest absolute Gasteiger partial charge is 0.260 e. The molecule has 1 fully saturated rings. The standard InChI is InChI=1S/C14H16ClN3O2/c1-17(2)12(16)11-7-8-18(14(11)20)13(19)9-3-5-10(15)6-4-9/h3-6H,7-8,16H2,1-2H3/b12-11+. The lowest BCUT2D eigenvalue weighted by molar-refractivity contribution is -0.122. The van der Waals surface area contributed by atoms with Crippen molar-refractivity contribution in [3.8, 4) is 0 Å². The fourth-order valence-corrected chi connectivity index (χ4v) is 2.17. The predicted octanol–water partition coefficient (Wildman–Crippen LogP) is 1.44. The van der Waals surface area contributed by atoms with Crippen molar-refractivity contribution in [2.45, 2.75) is 6.42 Å². The molecule has 0 saturated carbocycles. The van der Waals surface area contributed by atoms with Gasteiger partial charge in [-0.3, -0.25) is 14.5 Å². The normalized spacial score (nSPS) is 17.4. The third-order valence-electron chi connectivity index (χ3n) is 3.22. The summed E-state index contributed by atoms with van der Waals surface area (Å²) in [5.74, 6) is -0.245. The lowest BCUT2D eigenvalue weighted by atomic mass is 10.2. The van der Waals surface area contributed by atoms with Crippen LogP contribution in [0.4, 0.5) is 0 Å². The number of imide groups is 1. The summed E-state index contributed by atoms with van der Waals surface area (Å²) in [5.41, 5.74) is 6.78. The molecule has 1 saturated heterocycles. The predicted molar refractivity (Wildman–Crippen MR) is 77.0 cm³/mol. The molecule has 0 spiro atoms. The van der Waals surface area contributed by atoms with E-state index in [0.717, 1.165) is 0 Å². The molecule has 0 aromatic heterocycles. The van der Waals surface area contributed by atoms with Crippen molar-refractivity contribution in [1.29, 1.82) is 0 Å². The molecular weight excluding hydrogens is 278 g/mol. The molecule has 2 amide bonds. The molecule has 0 atom stereocenters. The summed E-state index contributed by atoms with van der Waals surface area (Å²) in [5, 5.41) is 0.548. The summed E-state index contributed by atoms with van der Waals surface area (Å²) >= 11 is 5.78. The second-order valence-corrected chi connectivity index (χ2v) is 5.21. The first-order chi connectivity index (χ1) is 9.41. The van der Waals surface area contributed by atoms with E-state index in [4.69, 9.17) is 17.3 Å². The number of rotatable bonds is 2. The van der Waals surface area contributed by atoms with Gasteiger partial charge in [-0.05, 0) is 30.7 Å². The van der Waals surface area contributed by atoms with Crippen LogP contribution < -0.4 is 5.73 Å². The zero-order valence-corrected chi connectivity index (χ0v) is 12.1. The average molecular weight is 294 g/mol. The molecule has 0 bridgehead atoms. The molecule has 0 radical (unpaired) electrons. The highest BCUT2D eigenvalue weighted by Crippen LogP contribution is 2.22. The fourth-order valence-electron chi connectivity index (χ4n) is 2.04. The number of amides is 2. The zero-order chi connectivity index (χ0) is 14.9. The molecule has 5 nitrogen and oxygen atoms in total. The van der Waals surface area contributed by atoms with Gasteiger partial charge in [0.15, 0.2) is 0 Å². The molecule has 2 N–H and O–H groups in total. The summed E-state index contributed by atoms with van der Waals surface area (Å²) in [4.78, 5) is 27.4. The van der Waals surface area contributed by atoms with Crippen molar-refractivity contribution < 1.29 is 9.59 Å². The molecular formula is C14H16ClN3O2. The first-order valence-electron chi connectivity index (χ1n) is 6.19. The Morgan fingerprint density at radius 2 is 1.90 bits per heavy atom. The van der Waals surface area contributed by atoms with Gasteiger partial charge in [0.05, 0.1) is 5.57 Å². The molecule has 0 aliphatic carbocycles. The molecule has 20 heavy (non-hydrogen) atoms. The number of hydrogen-bond acceptors (Lipinski definition) is 4. The van der Waals surface area contributed by atoms with Crippen molar-refractivity contribution >= 4 is 23.4 Å². The van der Waals surface area contributed by atoms with E-state index < -0.39 is 0 Å². The van der Waals surface area contributed by atoms with Gasteiger partial charge in [-0.25, -0.2) is 0 Å². The molecule has 1 aromatic rings. The van der Waals surface area contributed by atoms with Crippen molar-refractivity contribution in [3.63, 3.8) is 0 Å². The lowest BCUT2D eigenvalue weighted by Gasteiger charge is -2.16. The van der Waals surface area contributed by atoms with E-state index in [9.17, 15) is 9.59 Å². The van der Waals surface area contributed by atoms with Gasteiger partial charge in [-0.1, -0.05) is 11.6 Å². The van der Waals surface area contributed by atoms with Crippen LogP contribution in [0, 0.1) is 0 Å². The number of hydrogen-bond donors (Lipinski definition) is 1. The highest BCUT2D eigenvalue weighted by atomic mass is 35.5. The number of benzene rings is 1. The minimum atomic E-state index is -0.326. The summed E-state index contributed by atoms with van der Waals surface area (Å²) in [6, 6.07) is 6.46.